The van der Waals surface area contributed by atoms with Crippen LogP contribution < -0.4 is 0 Å². The molecule has 0 unspecified atom stereocenters. The minimum atomic E-state index is 0. The predicted molar refractivity (Wildman–Crippen MR) is 92.0 cm³/mol. The van der Waals surface area contributed by atoms with Crippen molar-refractivity contribution in [2.24, 2.45) is 0 Å². The molecule has 2 aromatic heterocycles. The molecule has 4 rings (SSSR count). The molecule has 3 heterocycles. The van der Waals surface area contributed by atoms with Crippen molar-refractivity contribution in [1.82, 2.24) is 30.0 Å². The van der Waals surface area contributed by atoms with E-state index in [-0.39, 0.29) is 12.4 Å². The van der Waals surface area contributed by atoms with Gasteiger partial charge in [0.25, 0.3) is 0 Å². The van der Waals surface area contributed by atoms with Gasteiger partial charge in [0.05, 0.1) is 12.8 Å². The molecule has 24 heavy (non-hydrogen) atoms. The molecule has 0 spiro atoms. The Bertz CT molecular complexity index is 602. The SMILES string of the molecule is Cl.c1coc(Cn2nnnc2CN2CCN(C3CCCC3)CC2)c1. The molecule has 0 bridgehead atoms. The molecule has 0 N–H and O–H groups in total. The molecule has 1 saturated carbocycles. The molecular weight excluding hydrogens is 328 g/mol. The molecule has 2 fully saturated rings. The summed E-state index contributed by atoms with van der Waals surface area (Å²) in [5.74, 6) is 1.79. The summed E-state index contributed by atoms with van der Waals surface area (Å²) in [6.07, 6.45) is 7.28. The maximum Gasteiger partial charge on any atom is 0.165 e. The fraction of sp³-hybridized carbons (Fsp3) is 0.688. The monoisotopic (exact) mass is 352 g/mol. The second-order valence-electron chi connectivity index (χ2n) is 6.58. The number of piperazine rings is 1. The van der Waals surface area contributed by atoms with Crippen molar-refractivity contribution < 1.29 is 4.42 Å². The highest BCUT2D eigenvalue weighted by Crippen LogP contribution is 2.24. The lowest BCUT2D eigenvalue weighted by atomic mass is 10.2. The Hall–Kier alpha value is -1.44. The molecule has 0 atom stereocenters. The summed E-state index contributed by atoms with van der Waals surface area (Å²) in [6.45, 7) is 5.95. The fourth-order valence-electron chi connectivity index (χ4n) is 3.77. The average Bonchev–Trinajstić information content (AvgIpc) is 3.32. The summed E-state index contributed by atoms with van der Waals surface area (Å²) in [5.41, 5.74) is 0. The maximum absolute atomic E-state index is 5.39. The Morgan fingerprint density at radius 2 is 1.88 bits per heavy atom. The van der Waals surface area contributed by atoms with Gasteiger partial charge in [-0.05, 0) is 35.4 Å². The number of nitrogens with zero attached hydrogens (tertiary/aromatic N) is 6. The van der Waals surface area contributed by atoms with E-state index in [1.165, 1.54) is 38.8 Å². The van der Waals surface area contributed by atoms with Crippen LogP contribution in [-0.2, 0) is 13.1 Å². The van der Waals surface area contributed by atoms with Crippen molar-refractivity contribution >= 4 is 12.4 Å². The minimum Gasteiger partial charge on any atom is -0.467 e. The summed E-state index contributed by atoms with van der Waals surface area (Å²) < 4.78 is 7.22. The number of tetrazole rings is 1. The van der Waals surface area contributed by atoms with Gasteiger partial charge in [-0.15, -0.1) is 17.5 Å². The minimum absolute atomic E-state index is 0. The second-order valence-corrected chi connectivity index (χ2v) is 6.58. The van der Waals surface area contributed by atoms with Crippen molar-refractivity contribution in [3.05, 3.63) is 30.0 Å². The number of hydrogen-bond acceptors (Lipinski definition) is 6. The standard InChI is InChI=1S/C16H24N6O.ClH/c1-2-5-14(4-1)21-9-7-20(8-10-21)13-16-17-18-19-22(16)12-15-6-3-11-23-15;/h3,6,11,14H,1-2,4-5,7-10,12-13H2;1H. The molecule has 0 aromatic carbocycles. The summed E-state index contributed by atoms with van der Waals surface area (Å²) in [5, 5.41) is 12.1. The topological polar surface area (TPSA) is 63.2 Å². The van der Waals surface area contributed by atoms with Crippen molar-refractivity contribution in [2.75, 3.05) is 26.2 Å². The third-order valence-electron chi connectivity index (χ3n) is 5.10. The fourth-order valence-corrected chi connectivity index (χ4v) is 3.77. The van der Waals surface area contributed by atoms with Crippen LogP contribution in [0.5, 0.6) is 0 Å². The normalized spacial score (nSPS) is 20.3. The van der Waals surface area contributed by atoms with Gasteiger partial charge in [-0.3, -0.25) is 9.80 Å². The van der Waals surface area contributed by atoms with E-state index in [4.69, 9.17) is 4.42 Å². The third kappa shape index (κ3) is 3.96. The first kappa shape index (κ1) is 17.4. The Kier molecular flexibility index (Phi) is 5.86. The van der Waals surface area contributed by atoms with E-state index in [9.17, 15) is 0 Å². The highest BCUT2D eigenvalue weighted by molar-refractivity contribution is 5.85. The first-order chi connectivity index (χ1) is 11.4. The van der Waals surface area contributed by atoms with Crippen LogP contribution in [0, 0.1) is 0 Å². The number of halogens is 1. The summed E-state index contributed by atoms with van der Waals surface area (Å²) in [6, 6.07) is 4.68. The molecule has 8 heteroatoms. The van der Waals surface area contributed by atoms with E-state index in [2.05, 4.69) is 25.3 Å². The predicted octanol–water partition coefficient (Wildman–Crippen LogP) is 1.80. The zero-order chi connectivity index (χ0) is 15.5. The van der Waals surface area contributed by atoms with Gasteiger partial charge in [0.15, 0.2) is 5.82 Å². The lowest BCUT2D eigenvalue weighted by molar-refractivity contribution is 0.0912. The van der Waals surface area contributed by atoms with Gasteiger partial charge in [0.1, 0.15) is 12.3 Å². The van der Waals surface area contributed by atoms with Crippen LogP contribution in [0.2, 0.25) is 0 Å². The Morgan fingerprint density at radius 3 is 2.58 bits per heavy atom. The van der Waals surface area contributed by atoms with E-state index in [1.54, 1.807) is 6.26 Å². The maximum atomic E-state index is 5.39. The van der Waals surface area contributed by atoms with Crippen LogP contribution >= 0.6 is 12.4 Å². The Balaban J connectivity index is 0.00000169. The molecule has 7 nitrogen and oxygen atoms in total. The van der Waals surface area contributed by atoms with Crippen LogP contribution in [0.25, 0.3) is 0 Å². The van der Waals surface area contributed by atoms with Gasteiger partial charge in [0, 0.05) is 32.2 Å². The summed E-state index contributed by atoms with van der Waals surface area (Å²) in [4.78, 5) is 5.13. The zero-order valence-corrected chi connectivity index (χ0v) is 14.7. The van der Waals surface area contributed by atoms with Gasteiger partial charge < -0.3 is 4.42 Å². The first-order valence-corrected chi connectivity index (χ1v) is 8.62. The van der Waals surface area contributed by atoms with Gasteiger partial charge in [-0.1, -0.05) is 12.8 Å². The van der Waals surface area contributed by atoms with E-state index in [1.807, 2.05) is 16.8 Å². The third-order valence-corrected chi connectivity index (χ3v) is 5.10. The molecule has 132 valence electrons. The number of hydrogen-bond donors (Lipinski definition) is 0. The van der Waals surface area contributed by atoms with Crippen molar-refractivity contribution in [2.45, 2.75) is 44.8 Å². The number of furan rings is 1. The molecule has 0 radical (unpaired) electrons. The largest absolute Gasteiger partial charge is 0.467 e. The lowest BCUT2D eigenvalue weighted by Crippen LogP contribution is -2.49. The Morgan fingerprint density at radius 1 is 1.08 bits per heavy atom. The smallest absolute Gasteiger partial charge is 0.165 e. The van der Waals surface area contributed by atoms with E-state index in [0.717, 1.165) is 37.3 Å². The van der Waals surface area contributed by atoms with Gasteiger partial charge in [-0.25, -0.2) is 4.68 Å². The molecule has 2 aliphatic rings. The molecule has 1 aliphatic heterocycles. The van der Waals surface area contributed by atoms with Crippen molar-refractivity contribution in [3.8, 4) is 0 Å². The second kappa shape index (κ2) is 8.09. The van der Waals surface area contributed by atoms with E-state index >= 15 is 0 Å². The van der Waals surface area contributed by atoms with Crippen LogP contribution in [0.1, 0.15) is 37.3 Å². The Labute approximate surface area is 148 Å². The number of rotatable bonds is 5. The van der Waals surface area contributed by atoms with Gasteiger partial charge in [-0.2, -0.15) is 0 Å². The van der Waals surface area contributed by atoms with Gasteiger partial charge in [0.2, 0.25) is 0 Å². The van der Waals surface area contributed by atoms with E-state index in [0.29, 0.717) is 6.54 Å². The van der Waals surface area contributed by atoms with Gasteiger partial charge >= 0.3 is 0 Å². The van der Waals surface area contributed by atoms with E-state index < -0.39 is 0 Å². The van der Waals surface area contributed by atoms with Crippen LogP contribution in [0.4, 0.5) is 0 Å². The van der Waals surface area contributed by atoms with Crippen LogP contribution in [0.3, 0.4) is 0 Å². The average molecular weight is 353 g/mol. The molecule has 0 amide bonds. The highest BCUT2D eigenvalue weighted by atomic mass is 35.5. The van der Waals surface area contributed by atoms with Crippen LogP contribution in [-0.4, -0.2) is 62.2 Å². The quantitative estimate of drug-likeness (QED) is 0.817. The van der Waals surface area contributed by atoms with Crippen molar-refractivity contribution in [1.29, 1.82) is 0 Å². The molecular formula is C16H25ClN6O. The molecule has 1 aliphatic carbocycles. The highest BCUT2D eigenvalue weighted by Gasteiger charge is 2.26. The molecule has 2 aromatic rings. The summed E-state index contributed by atoms with van der Waals surface area (Å²) in [7, 11) is 0. The zero-order valence-electron chi connectivity index (χ0n) is 13.9. The van der Waals surface area contributed by atoms with Crippen molar-refractivity contribution in [3.63, 3.8) is 0 Å². The molecule has 1 saturated heterocycles. The summed E-state index contributed by atoms with van der Waals surface area (Å²) >= 11 is 0. The van der Waals surface area contributed by atoms with Crippen LogP contribution in [0.15, 0.2) is 22.8 Å². The first-order valence-electron chi connectivity index (χ1n) is 8.62. The lowest BCUT2D eigenvalue weighted by Gasteiger charge is -2.37. The number of aromatic nitrogens is 4.